The first kappa shape index (κ1) is 13.6. The second-order valence-corrected chi connectivity index (χ2v) is 5.13. The molecule has 2 aliphatic rings. The van der Waals surface area contributed by atoms with Gasteiger partial charge in [0, 0.05) is 17.1 Å². The Kier molecular flexibility index (Phi) is 3.88. The summed E-state index contributed by atoms with van der Waals surface area (Å²) in [5.74, 6) is -1.35. The number of carbonyl (C=O) groups excluding carboxylic acids is 1. The predicted octanol–water partition coefficient (Wildman–Crippen LogP) is 2.62. The minimum Gasteiger partial charge on any atom is -0.478 e. The number of aliphatic carboxylic acids is 1. The summed E-state index contributed by atoms with van der Waals surface area (Å²) < 4.78 is 5.29. The molecule has 4 nitrogen and oxygen atoms in total. The zero-order valence-electron chi connectivity index (χ0n) is 11.0. The minimum absolute atomic E-state index is 0.108. The van der Waals surface area contributed by atoms with Gasteiger partial charge < -0.3 is 9.84 Å². The number of fused-ring (bicyclic) bond motifs is 1. The number of carboxylic acid groups (broad SMARTS) is 1. The highest BCUT2D eigenvalue weighted by Crippen LogP contribution is 2.34. The van der Waals surface area contributed by atoms with Gasteiger partial charge in [0.05, 0.1) is 0 Å². The molecule has 1 N–H and O–H groups in total. The van der Waals surface area contributed by atoms with Crippen molar-refractivity contribution in [2.45, 2.75) is 38.7 Å². The highest BCUT2D eigenvalue weighted by Gasteiger charge is 2.37. The Morgan fingerprint density at radius 1 is 1.47 bits per heavy atom. The van der Waals surface area contributed by atoms with Crippen LogP contribution in [0.25, 0.3) is 0 Å². The molecule has 1 fully saturated rings. The molecule has 1 aliphatic heterocycles. The van der Waals surface area contributed by atoms with Crippen molar-refractivity contribution in [1.29, 1.82) is 0 Å². The Balaban J connectivity index is 2.26. The van der Waals surface area contributed by atoms with Gasteiger partial charge in [0.2, 0.25) is 0 Å². The van der Waals surface area contributed by atoms with Crippen LogP contribution < -0.4 is 0 Å². The minimum atomic E-state index is -0.880. The van der Waals surface area contributed by atoms with Crippen LogP contribution in [-0.4, -0.2) is 23.1 Å². The lowest BCUT2D eigenvalue weighted by molar-refractivity contribution is -0.137. The van der Waals surface area contributed by atoms with Crippen LogP contribution in [0.5, 0.6) is 0 Å². The lowest BCUT2D eigenvalue weighted by atomic mass is 9.88. The molecule has 102 valence electrons. The van der Waals surface area contributed by atoms with Crippen LogP contribution in [0.4, 0.5) is 0 Å². The summed E-state index contributed by atoms with van der Waals surface area (Å²) in [6.45, 7) is 5.74. The number of hydrogen-bond donors (Lipinski definition) is 1. The Bertz CT molecular complexity index is 484. The van der Waals surface area contributed by atoms with Crippen molar-refractivity contribution in [3.8, 4) is 0 Å². The van der Waals surface area contributed by atoms with E-state index in [9.17, 15) is 9.59 Å². The van der Waals surface area contributed by atoms with Crippen molar-refractivity contribution >= 4 is 11.9 Å². The van der Waals surface area contributed by atoms with Crippen molar-refractivity contribution in [2.75, 3.05) is 0 Å². The van der Waals surface area contributed by atoms with Crippen LogP contribution >= 0.6 is 0 Å². The third-order valence-corrected chi connectivity index (χ3v) is 3.73. The molecule has 1 aliphatic carbocycles. The summed E-state index contributed by atoms with van der Waals surface area (Å²) in [6.07, 6.45) is 5.98. The molecule has 2 rings (SSSR count). The number of carbonyl (C=O) groups is 2. The quantitative estimate of drug-likeness (QED) is 0.448. The SMILES string of the molecule is C=C1C(=O)O[C@@H]2/C=C(\C)CC/C=C(/C(=O)O)CC[C@@H]12. The van der Waals surface area contributed by atoms with Gasteiger partial charge in [-0.1, -0.05) is 18.2 Å². The van der Waals surface area contributed by atoms with E-state index in [1.165, 1.54) is 0 Å². The fourth-order valence-electron chi connectivity index (χ4n) is 2.56. The van der Waals surface area contributed by atoms with Gasteiger partial charge in [0.1, 0.15) is 6.10 Å². The van der Waals surface area contributed by atoms with Crippen LogP contribution in [0.3, 0.4) is 0 Å². The number of allylic oxidation sites excluding steroid dienone is 2. The fourth-order valence-corrected chi connectivity index (χ4v) is 2.56. The van der Waals surface area contributed by atoms with Gasteiger partial charge >= 0.3 is 11.9 Å². The maximum absolute atomic E-state index is 11.6. The number of ether oxygens (including phenoxy) is 1. The molecule has 0 aromatic rings. The van der Waals surface area contributed by atoms with Gasteiger partial charge in [-0.3, -0.25) is 0 Å². The van der Waals surface area contributed by atoms with Crippen LogP contribution in [0.2, 0.25) is 0 Å². The molecule has 4 heteroatoms. The molecule has 0 unspecified atom stereocenters. The second-order valence-electron chi connectivity index (χ2n) is 5.13. The molecule has 1 saturated heterocycles. The van der Waals surface area contributed by atoms with E-state index in [2.05, 4.69) is 6.58 Å². The van der Waals surface area contributed by atoms with E-state index < -0.39 is 5.97 Å². The summed E-state index contributed by atoms with van der Waals surface area (Å²) in [4.78, 5) is 22.7. The van der Waals surface area contributed by atoms with E-state index in [1.807, 2.05) is 13.0 Å². The number of rotatable bonds is 1. The van der Waals surface area contributed by atoms with Crippen LogP contribution in [0.15, 0.2) is 35.5 Å². The van der Waals surface area contributed by atoms with Crippen molar-refractivity contribution < 1.29 is 19.4 Å². The average Bonchev–Trinajstić information content (AvgIpc) is 2.60. The van der Waals surface area contributed by atoms with E-state index in [0.717, 1.165) is 12.0 Å². The summed E-state index contributed by atoms with van der Waals surface area (Å²) >= 11 is 0. The molecule has 0 aromatic heterocycles. The van der Waals surface area contributed by atoms with Gasteiger partial charge in [0.25, 0.3) is 0 Å². The molecule has 2 atom stereocenters. The highest BCUT2D eigenvalue weighted by atomic mass is 16.5. The van der Waals surface area contributed by atoms with Gasteiger partial charge in [-0.15, -0.1) is 0 Å². The van der Waals surface area contributed by atoms with E-state index in [1.54, 1.807) is 6.08 Å². The Morgan fingerprint density at radius 2 is 2.21 bits per heavy atom. The van der Waals surface area contributed by atoms with E-state index in [0.29, 0.717) is 30.4 Å². The van der Waals surface area contributed by atoms with Gasteiger partial charge in [-0.05, 0) is 38.7 Å². The largest absolute Gasteiger partial charge is 0.478 e. The lowest BCUT2D eigenvalue weighted by Gasteiger charge is -2.17. The van der Waals surface area contributed by atoms with Crippen molar-refractivity contribution in [3.05, 3.63) is 35.5 Å². The third kappa shape index (κ3) is 2.95. The zero-order chi connectivity index (χ0) is 14.0. The zero-order valence-corrected chi connectivity index (χ0v) is 11.0. The molecule has 0 bridgehead atoms. The number of carboxylic acids is 1. The van der Waals surface area contributed by atoms with Crippen LogP contribution in [0.1, 0.15) is 32.6 Å². The smallest absolute Gasteiger partial charge is 0.334 e. The standard InChI is InChI=1S/C15H18O4/c1-9-4-3-5-11(14(16)17)6-7-12-10(2)15(18)19-13(12)8-9/h5,8,12-13H,2-4,6-7H2,1H3,(H,16,17)/b9-8+,11-5+/t12-,13+/m0/s1. The first-order chi connectivity index (χ1) is 8.99. The van der Waals surface area contributed by atoms with Gasteiger partial charge in [-0.25, -0.2) is 9.59 Å². The maximum Gasteiger partial charge on any atom is 0.334 e. The maximum atomic E-state index is 11.6. The molecule has 19 heavy (non-hydrogen) atoms. The second kappa shape index (κ2) is 5.43. The van der Waals surface area contributed by atoms with Crippen molar-refractivity contribution in [1.82, 2.24) is 0 Å². The topological polar surface area (TPSA) is 63.6 Å². The highest BCUT2D eigenvalue weighted by molar-refractivity contribution is 5.91. The van der Waals surface area contributed by atoms with E-state index in [-0.39, 0.29) is 18.0 Å². The first-order valence-corrected chi connectivity index (χ1v) is 6.48. The fraction of sp³-hybridized carbons (Fsp3) is 0.467. The monoisotopic (exact) mass is 262 g/mol. The van der Waals surface area contributed by atoms with Crippen LogP contribution in [0, 0.1) is 5.92 Å². The van der Waals surface area contributed by atoms with E-state index >= 15 is 0 Å². The molecule has 1 heterocycles. The number of hydrogen-bond acceptors (Lipinski definition) is 3. The molecule has 0 saturated carbocycles. The Labute approximate surface area is 112 Å². The molecular weight excluding hydrogens is 244 g/mol. The molecule has 0 radical (unpaired) electrons. The van der Waals surface area contributed by atoms with Crippen molar-refractivity contribution in [3.63, 3.8) is 0 Å². The van der Waals surface area contributed by atoms with Crippen LogP contribution in [-0.2, 0) is 14.3 Å². The molecular formula is C15H18O4. The Hall–Kier alpha value is -1.84. The predicted molar refractivity (Wildman–Crippen MR) is 70.5 cm³/mol. The normalized spacial score (nSPS) is 33.5. The Morgan fingerprint density at radius 3 is 2.89 bits per heavy atom. The summed E-state index contributed by atoms with van der Waals surface area (Å²) in [5.41, 5.74) is 1.99. The summed E-state index contributed by atoms with van der Waals surface area (Å²) in [7, 11) is 0. The lowest BCUT2D eigenvalue weighted by Crippen LogP contribution is -2.16. The average molecular weight is 262 g/mol. The van der Waals surface area contributed by atoms with Gasteiger partial charge in [-0.2, -0.15) is 0 Å². The summed E-state index contributed by atoms with van der Waals surface area (Å²) in [5, 5.41) is 9.14. The molecule has 0 spiro atoms. The molecule has 0 aromatic carbocycles. The van der Waals surface area contributed by atoms with E-state index in [4.69, 9.17) is 9.84 Å². The molecule has 0 amide bonds. The third-order valence-electron chi connectivity index (χ3n) is 3.73. The summed E-state index contributed by atoms with van der Waals surface area (Å²) in [6, 6.07) is 0. The number of esters is 1. The first-order valence-electron chi connectivity index (χ1n) is 6.48. The van der Waals surface area contributed by atoms with Gasteiger partial charge in [0.15, 0.2) is 0 Å². The van der Waals surface area contributed by atoms with Crippen molar-refractivity contribution in [2.24, 2.45) is 5.92 Å².